The van der Waals surface area contributed by atoms with Crippen LogP contribution in [0.2, 0.25) is 0 Å². The Kier molecular flexibility index (Phi) is 5.24. The minimum Gasteiger partial charge on any atom is -0.474 e. The van der Waals surface area contributed by atoms with E-state index in [1.54, 1.807) is 6.20 Å². The first-order valence-corrected chi connectivity index (χ1v) is 9.55. The Morgan fingerprint density at radius 3 is 2.78 bits per heavy atom. The number of morpholine rings is 1. The number of ether oxygens (including phenoxy) is 2. The van der Waals surface area contributed by atoms with Gasteiger partial charge < -0.3 is 25.4 Å². The normalized spacial score (nSPS) is 23.2. The second kappa shape index (κ2) is 7.96. The van der Waals surface area contributed by atoms with Gasteiger partial charge in [0.2, 0.25) is 5.88 Å². The number of nitrogens with zero attached hydrogens (tertiary/aromatic N) is 3. The summed E-state index contributed by atoms with van der Waals surface area (Å²) < 4.78 is 11.8. The Labute approximate surface area is 158 Å². The number of hydrogen-bond acceptors (Lipinski definition) is 6. The molecular weight excluding hydrogens is 344 g/mol. The topological polar surface area (TPSA) is 109 Å². The summed E-state index contributed by atoms with van der Waals surface area (Å²) in [4.78, 5) is 11.6. The Morgan fingerprint density at radius 2 is 2.04 bits per heavy atom. The molecule has 8 heteroatoms. The Bertz CT molecular complexity index is 800. The van der Waals surface area contributed by atoms with Crippen LogP contribution in [-0.4, -0.2) is 54.4 Å². The van der Waals surface area contributed by atoms with Gasteiger partial charge in [-0.05, 0) is 37.8 Å². The van der Waals surface area contributed by atoms with Crippen LogP contribution in [0, 0.1) is 5.41 Å². The molecule has 3 heterocycles. The molecular formula is C19H26N6O2. The quantitative estimate of drug-likeness (QED) is 0.554. The lowest BCUT2D eigenvalue weighted by atomic mass is 9.93. The van der Waals surface area contributed by atoms with Crippen LogP contribution in [0.5, 0.6) is 5.88 Å². The lowest BCUT2D eigenvalue weighted by Gasteiger charge is -2.31. The molecule has 8 nitrogen and oxygen atoms in total. The van der Waals surface area contributed by atoms with E-state index in [0.717, 1.165) is 55.5 Å². The monoisotopic (exact) mass is 370 g/mol. The van der Waals surface area contributed by atoms with Gasteiger partial charge in [-0.3, -0.25) is 10.4 Å². The van der Waals surface area contributed by atoms with Crippen LogP contribution in [-0.2, 0) is 4.74 Å². The van der Waals surface area contributed by atoms with Gasteiger partial charge in [-0.2, -0.15) is 4.98 Å². The molecule has 0 unspecified atom stereocenters. The summed E-state index contributed by atoms with van der Waals surface area (Å²) in [5, 5.41) is 11.3. The Hall–Kier alpha value is -2.61. The van der Waals surface area contributed by atoms with Gasteiger partial charge in [0.25, 0.3) is 0 Å². The fourth-order valence-electron chi connectivity index (χ4n) is 3.78. The zero-order valence-corrected chi connectivity index (χ0v) is 15.4. The fraction of sp³-hybridized carbons (Fsp3) is 0.526. The van der Waals surface area contributed by atoms with Crippen LogP contribution in [0.4, 0.5) is 5.82 Å². The van der Waals surface area contributed by atoms with E-state index in [4.69, 9.17) is 25.6 Å². The van der Waals surface area contributed by atoms with Crippen LogP contribution in [0.25, 0.3) is 10.9 Å². The molecule has 1 aliphatic carbocycles. The minimum atomic E-state index is 0.0383. The number of nitrogens with one attached hydrogen (secondary N) is 2. The second-order valence-corrected chi connectivity index (χ2v) is 7.10. The standard InChI is InChI=1S/C19H26N6O2/c20-19(21)23-13-3-5-14(6-4-13)27-18-15-2-1-7-22-16(15)12-17(24-18)25-8-10-26-11-9-25/h1-2,7,12-14H,3-6,8-11H2,(H4,20,21,23). The van der Waals surface area contributed by atoms with Crippen LogP contribution in [0.1, 0.15) is 25.7 Å². The number of guanidine groups is 1. The third kappa shape index (κ3) is 4.21. The van der Waals surface area contributed by atoms with E-state index >= 15 is 0 Å². The van der Waals surface area contributed by atoms with Crippen molar-refractivity contribution in [1.29, 1.82) is 5.41 Å². The molecule has 1 saturated heterocycles. The molecule has 27 heavy (non-hydrogen) atoms. The van der Waals surface area contributed by atoms with Crippen LogP contribution in [0.15, 0.2) is 24.4 Å². The van der Waals surface area contributed by atoms with E-state index < -0.39 is 0 Å². The maximum atomic E-state index is 7.38. The van der Waals surface area contributed by atoms with Crippen LogP contribution >= 0.6 is 0 Å². The number of fused-ring (bicyclic) bond motifs is 1. The first kappa shape index (κ1) is 17.8. The van der Waals surface area contributed by atoms with Gasteiger partial charge in [0, 0.05) is 31.4 Å². The van der Waals surface area contributed by atoms with Gasteiger partial charge in [0.05, 0.1) is 24.1 Å². The molecule has 144 valence electrons. The van der Waals surface area contributed by atoms with Crippen molar-refractivity contribution in [2.24, 2.45) is 5.73 Å². The summed E-state index contributed by atoms with van der Waals surface area (Å²) in [5.74, 6) is 1.59. The van der Waals surface area contributed by atoms with Crippen molar-refractivity contribution >= 4 is 22.7 Å². The largest absolute Gasteiger partial charge is 0.474 e. The van der Waals surface area contributed by atoms with Crippen molar-refractivity contribution in [3.63, 3.8) is 0 Å². The van der Waals surface area contributed by atoms with E-state index in [1.165, 1.54) is 0 Å². The van der Waals surface area contributed by atoms with Crippen molar-refractivity contribution in [3.05, 3.63) is 24.4 Å². The zero-order chi connectivity index (χ0) is 18.6. The maximum Gasteiger partial charge on any atom is 0.225 e. The molecule has 4 N–H and O–H groups in total. The van der Waals surface area contributed by atoms with E-state index in [9.17, 15) is 0 Å². The molecule has 0 radical (unpaired) electrons. The number of rotatable bonds is 4. The molecule has 4 rings (SSSR count). The highest BCUT2D eigenvalue weighted by atomic mass is 16.5. The third-order valence-corrected chi connectivity index (χ3v) is 5.20. The number of hydrogen-bond donors (Lipinski definition) is 3. The molecule has 1 saturated carbocycles. The molecule has 0 atom stereocenters. The summed E-state index contributed by atoms with van der Waals surface area (Å²) in [6.45, 7) is 3.08. The molecule has 0 amide bonds. The Balaban J connectivity index is 1.53. The maximum absolute atomic E-state index is 7.38. The summed E-state index contributed by atoms with van der Waals surface area (Å²) in [5.41, 5.74) is 6.34. The molecule has 2 aromatic heterocycles. The minimum absolute atomic E-state index is 0.0383. The number of anilines is 1. The van der Waals surface area contributed by atoms with Crippen molar-refractivity contribution in [1.82, 2.24) is 15.3 Å². The zero-order valence-electron chi connectivity index (χ0n) is 15.4. The number of aromatic nitrogens is 2. The SMILES string of the molecule is N=C(N)NC1CCC(Oc2nc(N3CCOCC3)cc3ncccc23)CC1. The highest BCUT2D eigenvalue weighted by molar-refractivity contribution is 5.85. The predicted octanol–water partition coefficient (Wildman–Crippen LogP) is 1.64. The van der Waals surface area contributed by atoms with Crippen molar-refractivity contribution in [3.8, 4) is 5.88 Å². The van der Waals surface area contributed by atoms with Gasteiger partial charge in [0.15, 0.2) is 5.96 Å². The lowest BCUT2D eigenvalue weighted by Crippen LogP contribution is -2.42. The van der Waals surface area contributed by atoms with E-state index in [0.29, 0.717) is 19.1 Å². The molecule has 0 aromatic carbocycles. The van der Waals surface area contributed by atoms with Crippen molar-refractivity contribution in [2.45, 2.75) is 37.8 Å². The van der Waals surface area contributed by atoms with Crippen LogP contribution in [0.3, 0.4) is 0 Å². The van der Waals surface area contributed by atoms with Gasteiger partial charge in [0.1, 0.15) is 11.9 Å². The highest BCUT2D eigenvalue weighted by Gasteiger charge is 2.24. The number of nitrogens with two attached hydrogens (primary N) is 1. The van der Waals surface area contributed by atoms with E-state index in [2.05, 4.69) is 15.2 Å². The summed E-state index contributed by atoms with van der Waals surface area (Å²) in [6.07, 6.45) is 5.61. The second-order valence-electron chi connectivity index (χ2n) is 7.10. The van der Waals surface area contributed by atoms with Gasteiger partial charge in [-0.1, -0.05) is 0 Å². The average molecular weight is 370 g/mol. The highest BCUT2D eigenvalue weighted by Crippen LogP contribution is 2.30. The lowest BCUT2D eigenvalue weighted by molar-refractivity contribution is 0.121. The van der Waals surface area contributed by atoms with Gasteiger partial charge in [-0.15, -0.1) is 0 Å². The van der Waals surface area contributed by atoms with E-state index in [-0.39, 0.29) is 18.1 Å². The van der Waals surface area contributed by atoms with Gasteiger partial charge >= 0.3 is 0 Å². The molecule has 0 spiro atoms. The first-order valence-electron chi connectivity index (χ1n) is 9.55. The summed E-state index contributed by atoms with van der Waals surface area (Å²) >= 11 is 0. The first-order chi connectivity index (χ1) is 13.2. The molecule has 1 aliphatic heterocycles. The van der Waals surface area contributed by atoms with E-state index in [1.807, 2.05) is 18.2 Å². The third-order valence-electron chi connectivity index (χ3n) is 5.20. The Morgan fingerprint density at radius 1 is 1.26 bits per heavy atom. The predicted molar refractivity (Wildman–Crippen MR) is 104 cm³/mol. The average Bonchev–Trinajstić information content (AvgIpc) is 2.70. The summed E-state index contributed by atoms with van der Waals surface area (Å²) in [7, 11) is 0. The van der Waals surface area contributed by atoms with Crippen LogP contribution < -0.4 is 20.7 Å². The smallest absolute Gasteiger partial charge is 0.225 e. The fourth-order valence-corrected chi connectivity index (χ4v) is 3.78. The molecule has 2 fully saturated rings. The summed E-state index contributed by atoms with van der Waals surface area (Å²) in [6, 6.07) is 6.21. The van der Waals surface area contributed by atoms with Crippen molar-refractivity contribution < 1.29 is 9.47 Å². The number of pyridine rings is 2. The molecule has 2 aliphatic rings. The molecule has 0 bridgehead atoms. The van der Waals surface area contributed by atoms with Gasteiger partial charge in [-0.25, -0.2) is 0 Å². The molecule has 2 aromatic rings. The van der Waals surface area contributed by atoms with Crippen molar-refractivity contribution in [2.75, 3.05) is 31.2 Å².